The molecule has 13 atom stereocenters. The number of hydrogen-bond acceptors (Lipinski definition) is 22. The fourth-order valence-corrected chi connectivity index (χ4v) is 9.43. The van der Waals surface area contributed by atoms with Gasteiger partial charge in [0.2, 0.25) is 17.3 Å². The molecule has 0 radical (unpaired) electrons. The molecule has 0 amide bonds. The van der Waals surface area contributed by atoms with Crippen LogP contribution in [-0.4, -0.2) is 184 Å². The number of Topliss-reactive ketones (excluding diaryl/α,β-unsaturated/α-hetero) is 4. The largest absolute Gasteiger partial charge is 0.507 e. The number of aryl methyl sites for hydroxylation is 1. The molecule has 5 aliphatic rings. The third kappa shape index (κ3) is 6.47. The van der Waals surface area contributed by atoms with E-state index in [4.69, 9.17) is 28.4 Å². The lowest BCUT2D eigenvalue weighted by Gasteiger charge is -2.53. The molecule has 9 N–H and O–H groups in total. The average Bonchev–Trinajstić information content (AvgIpc) is 3.24. The molecule has 2 fully saturated rings. The lowest BCUT2D eigenvalue weighted by molar-refractivity contribution is -0.343. The highest BCUT2D eigenvalue weighted by Crippen LogP contribution is 2.56. The minimum atomic E-state index is -3.41. The second-order valence-electron chi connectivity index (χ2n) is 15.7. The van der Waals surface area contributed by atoms with Crippen LogP contribution in [0.4, 0.5) is 0 Å². The molecule has 7 rings (SSSR count). The van der Waals surface area contributed by atoms with Crippen LogP contribution in [-0.2, 0) is 50.0 Å². The number of phenols is 2. The molecule has 0 saturated carbocycles. The van der Waals surface area contributed by atoms with E-state index in [1.54, 1.807) is 6.92 Å². The molecule has 22 heteroatoms. The van der Waals surface area contributed by atoms with Gasteiger partial charge in [0.1, 0.15) is 54.2 Å². The van der Waals surface area contributed by atoms with Crippen molar-refractivity contribution >= 4 is 34.9 Å². The smallest absolute Gasteiger partial charge is 0.379 e. The Kier molecular flexibility index (Phi) is 12.0. The van der Waals surface area contributed by atoms with Crippen LogP contribution in [0, 0.1) is 6.92 Å². The van der Waals surface area contributed by atoms with Gasteiger partial charge in [-0.05, 0) is 31.0 Å². The van der Waals surface area contributed by atoms with Crippen LogP contribution in [0.25, 0.3) is 0 Å². The predicted molar refractivity (Wildman–Crippen MR) is 204 cm³/mol. The summed E-state index contributed by atoms with van der Waals surface area (Å²) in [6, 6.07) is 1.96. The van der Waals surface area contributed by atoms with Crippen molar-refractivity contribution < 1.29 is 103 Å². The summed E-state index contributed by atoms with van der Waals surface area (Å²) in [4.78, 5) is 83.1. The summed E-state index contributed by atoms with van der Waals surface area (Å²) in [5.41, 5.74) is -11.8. The molecule has 0 unspecified atom stereocenters. The van der Waals surface area contributed by atoms with Crippen molar-refractivity contribution in [1.29, 1.82) is 0 Å². The number of methoxy groups -OCH3 is 4. The average molecular weight is 888 g/mol. The quantitative estimate of drug-likeness (QED) is 0.0658. The maximum Gasteiger partial charge on any atom is 0.379 e. The standard InChI is InChI=1S/C41H45NO21/c1-12-7-14-8-20(45)41(60-6)36(54)23-16(35(53)40(41,56)24(14)28(49)21(12)29(50)38(55)59-5)9-15-22(27(23)48)18(44)10-17(25(15)46)42-37-34(58-4)33(32(57-3)13(2)61-37)63-39-31(52)30(51)26(47)19(11-43)62-39/h7,9-10,13,19-20,26,30-34,37,39,42-43,45,47-49,51-52,56H,8,11H2,1-6H3/t13-,19+,20+,26+,30-,31+,32-,33+,34+,37-,39-,40-,41+/m0/s1. The summed E-state index contributed by atoms with van der Waals surface area (Å²) < 4.78 is 38.9. The number of hydrogen-bond donors (Lipinski definition) is 9. The third-order valence-corrected chi connectivity index (χ3v) is 12.5. The molecular formula is C41H45NO21. The van der Waals surface area contributed by atoms with Crippen molar-refractivity contribution in [2.24, 2.45) is 0 Å². The second-order valence-corrected chi connectivity index (χ2v) is 15.7. The van der Waals surface area contributed by atoms with Gasteiger partial charge in [0, 0.05) is 50.5 Å². The molecule has 3 aliphatic carbocycles. The van der Waals surface area contributed by atoms with Crippen molar-refractivity contribution in [3.63, 3.8) is 0 Å². The summed E-state index contributed by atoms with van der Waals surface area (Å²) in [5, 5.41) is 91.3. The summed E-state index contributed by atoms with van der Waals surface area (Å²) >= 11 is 0. The molecule has 0 spiro atoms. The van der Waals surface area contributed by atoms with Crippen LogP contribution in [0.2, 0.25) is 0 Å². The fourth-order valence-electron chi connectivity index (χ4n) is 9.43. The molecule has 2 saturated heterocycles. The fraction of sp³-hybridized carbons (Fsp3) is 0.512. The van der Waals surface area contributed by atoms with Crippen LogP contribution in [0.3, 0.4) is 0 Å². The number of nitrogens with one attached hydrogen (secondary N) is 1. The zero-order valence-corrected chi connectivity index (χ0v) is 34.4. The number of phenolic OH excluding ortho intramolecular Hbond substituents is 2. The van der Waals surface area contributed by atoms with E-state index in [-0.39, 0.29) is 11.1 Å². The first kappa shape index (κ1) is 45.9. The van der Waals surface area contributed by atoms with Gasteiger partial charge >= 0.3 is 5.97 Å². The minimum absolute atomic E-state index is 0.0310. The van der Waals surface area contributed by atoms with Gasteiger partial charge in [-0.2, -0.15) is 0 Å². The van der Waals surface area contributed by atoms with Gasteiger partial charge in [-0.1, -0.05) is 6.07 Å². The number of benzene rings is 2. The van der Waals surface area contributed by atoms with Crippen molar-refractivity contribution in [3.05, 3.63) is 68.4 Å². The molecule has 2 aromatic rings. The van der Waals surface area contributed by atoms with Crippen LogP contribution >= 0.6 is 0 Å². The number of allylic oxidation sites excluding steroid dienone is 2. The van der Waals surface area contributed by atoms with E-state index in [1.165, 1.54) is 27.2 Å². The number of aromatic hydroxyl groups is 2. The van der Waals surface area contributed by atoms with E-state index in [0.29, 0.717) is 0 Å². The van der Waals surface area contributed by atoms with E-state index in [9.17, 15) is 69.6 Å². The number of aliphatic hydroxyl groups excluding tert-OH is 5. The Bertz CT molecular complexity index is 2340. The Morgan fingerprint density at radius 2 is 1.52 bits per heavy atom. The summed E-state index contributed by atoms with van der Waals surface area (Å²) in [6.07, 6.45) is -16.1. The molecular weight excluding hydrogens is 842 g/mol. The van der Waals surface area contributed by atoms with Crippen molar-refractivity contribution in [2.45, 2.75) is 98.9 Å². The van der Waals surface area contributed by atoms with E-state index < -0.39 is 177 Å². The van der Waals surface area contributed by atoms with Crippen molar-refractivity contribution in [3.8, 4) is 11.5 Å². The predicted octanol–water partition coefficient (Wildman–Crippen LogP) is -2.86. The number of ether oxygens (including phenoxy) is 7. The molecule has 2 heterocycles. The van der Waals surface area contributed by atoms with Crippen LogP contribution < -0.4 is 5.32 Å². The van der Waals surface area contributed by atoms with E-state index in [1.807, 2.05) is 0 Å². The highest BCUT2D eigenvalue weighted by atomic mass is 16.7. The first-order chi connectivity index (χ1) is 29.7. The molecule has 0 aromatic heterocycles. The number of rotatable bonds is 10. The zero-order valence-electron chi connectivity index (χ0n) is 34.4. The maximum atomic E-state index is 14.8. The van der Waals surface area contributed by atoms with Gasteiger partial charge in [-0.15, -0.1) is 0 Å². The highest BCUT2D eigenvalue weighted by molar-refractivity contribution is 6.42. The van der Waals surface area contributed by atoms with Crippen molar-refractivity contribution in [1.82, 2.24) is 5.32 Å². The summed E-state index contributed by atoms with van der Waals surface area (Å²) in [5.74, 6) is -10.2. The number of aliphatic hydroxyl groups is 6. The van der Waals surface area contributed by atoms with Crippen LogP contribution in [0.15, 0.2) is 23.9 Å². The first-order valence-electron chi connectivity index (χ1n) is 19.4. The Hall–Kier alpha value is -5.08. The number of esters is 1. The minimum Gasteiger partial charge on any atom is -0.507 e. The monoisotopic (exact) mass is 887 g/mol. The highest BCUT2D eigenvalue weighted by Gasteiger charge is 2.73. The number of ketones is 5. The first-order valence-corrected chi connectivity index (χ1v) is 19.4. The van der Waals surface area contributed by atoms with Crippen LogP contribution in [0.5, 0.6) is 11.5 Å². The zero-order chi connectivity index (χ0) is 46.4. The van der Waals surface area contributed by atoms with E-state index >= 15 is 0 Å². The van der Waals surface area contributed by atoms with Gasteiger partial charge in [0.05, 0.1) is 48.3 Å². The maximum absolute atomic E-state index is 14.8. The van der Waals surface area contributed by atoms with Gasteiger partial charge in [0.25, 0.3) is 5.78 Å². The molecule has 340 valence electrons. The molecule has 22 nitrogen and oxygen atoms in total. The lowest BCUT2D eigenvalue weighted by atomic mass is 9.56. The Morgan fingerprint density at radius 3 is 2.13 bits per heavy atom. The number of fused-ring (bicyclic) bond motifs is 5. The van der Waals surface area contributed by atoms with E-state index in [0.717, 1.165) is 26.4 Å². The molecule has 63 heavy (non-hydrogen) atoms. The van der Waals surface area contributed by atoms with Crippen molar-refractivity contribution in [2.75, 3.05) is 35.0 Å². The molecule has 2 aliphatic heterocycles. The topological polar surface area (TPSA) is 341 Å². The number of carbonyl (C=O) groups excluding carboxylic acids is 6. The Balaban J connectivity index is 1.29. The summed E-state index contributed by atoms with van der Waals surface area (Å²) in [7, 11) is 4.27. The lowest BCUT2D eigenvalue weighted by Crippen LogP contribution is -2.73. The van der Waals surface area contributed by atoms with Gasteiger partial charge in [-0.3, -0.25) is 24.0 Å². The van der Waals surface area contributed by atoms with Gasteiger partial charge in [-0.25, -0.2) is 4.79 Å². The SMILES string of the molecule is COC(=O)C(=O)c1c(C)cc2c(c1O)[C@]1(O)C(=O)c3cc4c(c(O)c3C(=O)[C@]1(OC)[C@H](O)C2)C(=O)C=C(N[C@H]1O[C@@H](C)[C@H](OC)[C@@H](O[C@@H]2O[C@H](CO)[C@@H](O)[C@H](O)[C@H]2O)[C@H]1OC)C4=O. The Labute approximate surface area is 356 Å². The second kappa shape index (κ2) is 16.5. The number of carbonyl (C=O) groups is 6. The van der Waals surface area contributed by atoms with Gasteiger partial charge < -0.3 is 79.3 Å². The van der Waals surface area contributed by atoms with E-state index in [2.05, 4.69) is 10.1 Å². The Morgan fingerprint density at radius 1 is 0.857 bits per heavy atom. The van der Waals surface area contributed by atoms with Gasteiger partial charge in [0.15, 0.2) is 29.5 Å². The normalized spacial score (nSPS) is 34.9. The van der Waals surface area contributed by atoms with Crippen LogP contribution in [0.1, 0.15) is 75.4 Å². The third-order valence-electron chi connectivity index (χ3n) is 12.5. The molecule has 2 aromatic carbocycles. The summed E-state index contributed by atoms with van der Waals surface area (Å²) in [6.45, 7) is 2.10. The molecule has 0 bridgehead atoms.